The molecule has 0 aromatic rings. The van der Waals surface area contributed by atoms with Crippen molar-refractivity contribution in [3.8, 4) is 9.94 Å². The summed E-state index contributed by atoms with van der Waals surface area (Å²) in [5, 5.41) is 15.4. The van der Waals surface area contributed by atoms with E-state index in [-0.39, 0.29) is 0 Å². The van der Waals surface area contributed by atoms with Gasteiger partial charge in [-0.2, -0.15) is 0 Å². The Morgan fingerprint density at radius 2 is 1.67 bits per heavy atom. The maximum absolute atomic E-state index is 7.71. The fourth-order valence-electron chi connectivity index (χ4n) is 0.0177. The standard InChI is InChI=1S/2CN.Fe.HN/c2*1-2;;/h;;;1H. The molecule has 1 N–H and O–H groups in total. The molecule has 6 heavy (non-hydrogen) atoms. The number of nitrogens with one attached hydrogen (secondary N) is 1. The van der Waals surface area contributed by atoms with Crippen LogP contribution in [0.3, 0.4) is 0 Å². The van der Waals surface area contributed by atoms with E-state index in [0.717, 1.165) is 0 Å². The molecule has 3 nitrogen and oxygen atoms in total. The SMILES string of the molecule is N#[C][Fe](=[NH])[C]#N. The Labute approximate surface area is 39.3 Å². The molecule has 0 rings (SSSR count). The molecule has 0 heterocycles. The average Bonchev–Trinajstić information content (AvgIpc) is 1.65. The summed E-state index contributed by atoms with van der Waals surface area (Å²) in [7, 11) is 0. The first-order chi connectivity index (χ1) is 2.81. The fourth-order valence-corrected chi connectivity index (χ4v) is 0.0729. The van der Waals surface area contributed by atoms with Crippen LogP contribution in [0.15, 0.2) is 0 Å². The maximum atomic E-state index is 7.71. The van der Waals surface area contributed by atoms with Crippen molar-refractivity contribution in [1.29, 1.82) is 14.9 Å². The van der Waals surface area contributed by atoms with E-state index in [1.165, 1.54) is 9.94 Å². The molecule has 0 bridgehead atoms. The van der Waals surface area contributed by atoms with E-state index < -0.39 is 13.7 Å². The van der Waals surface area contributed by atoms with Gasteiger partial charge in [0.2, 0.25) is 0 Å². The van der Waals surface area contributed by atoms with E-state index in [1.807, 2.05) is 0 Å². The number of nitriles is 2. The minimum atomic E-state index is -1.86. The summed E-state index contributed by atoms with van der Waals surface area (Å²) in [6.07, 6.45) is 0. The van der Waals surface area contributed by atoms with Gasteiger partial charge in [-0.15, -0.1) is 0 Å². The van der Waals surface area contributed by atoms with E-state index in [0.29, 0.717) is 0 Å². The van der Waals surface area contributed by atoms with Gasteiger partial charge in [0.05, 0.1) is 0 Å². The molecule has 0 saturated heterocycles. The van der Waals surface area contributed by atoms with Crippen molar-refractivity contribution in [2.24, 2.45) is 0 Å². The van der Waals surface area contributed by atoms with Crippen molar-refractivity contribution in [3.63, 3.8) is 0 Å². The third-order valence-corrected chi connectivity index (χ3v) is 0.652. The first kappa shape index (κ1) is 5.30. The topological polar surface area (TPSA) is 71.4 Å². The molecule has 0 aromatic carbocycles. The Kier molecular flexibility index (Phi) is 2.24. The molecule has 0 atom stereocenters. The third-order valence-electron chi connectivity index (χ3n) is 0.158. The summed E-state index contributed by atoms with van der Waals surface area (Å²) in [4.78, 5) is 3.01. The molecule has 0 aromatic heterocycles. The Balaban J connectivity index is 3.75. The molecule has 4 heteroatoms. The molecule has 0 aliphatic heterocycles. The van der Waals surface area contributed by atoms with Gasteiger partial charge in [-0.1, -0.05) is 0 Å². The molecule has 32 valence electrons. The van der Waals surface area contributed by atoms with Crippen LogP contribution in [0, 0.1) is 24.8 Å². The predicted molar refractivity (Wildman–Crippen MR) is 13.9 cm³/mol. The quantitative estimate of drug-likeness (QED) is 0.471. The molecule has 0 aliphatic rings. The van der Waals surface area contributed by atoms with Crippen LogP contribution < -0.4 is 0 Å². The average molecular weight is 123 g/mol. The van der Waals surface area contributed by atoms with Crippen LogP contribution in [0.2, 0.25) is 0 Å². The van der Waals surface area contributed by atoms with Crippen molar-refractivity contribution in [3.05, 3.63) is 0 Å². The number of nitrogens with zero attached hydrogens (tertiary/aromatic N) is 2. The van der Waals surface area contributed by atoms with Crippen molar-refractivity contribution in [2.75, 3.05) is 0 Å². The third kappa shape index (κ3) is 1.60. The summed E-state index contributed by atoms with van der Waals surface area (Å²) in [5.74, 6) is 0. The van der Waals surface area contributed by atoms with Crippen molar-refractivity contribution < 1.29 is 13.7 Å². The summed E-state index contributed by atoms with van der Waals surface area (Å²) in [6, 6.07) is 0. The summed E-state index contributed by atoms with van der Waals surface area (Å²) < 4.78 is 6.43. The van der Waals surface area contributed by atoms with E-state index in [2.05, 4.69) is 0 Å². The van der Waals surface area contributed by atoms with Crippen LogP contribution in [-0.2, 0) is 13.7 Å². The number of hydrogen-bond acceptors (Lipinski definition) is 3. The molecular weight excluding hydrogens is 122 g/mol. The molecule has 0 radical (unpaired) electrons. The van der Waals surface area contributed by atoms with Crippen molar-refractivity contribution in [2.45, 2.75) is 0 Å². The van der Waals surface area contributed by atoms with E-state index >= 15 is 0 Å². The molecule has 0 spiro atoms. The van der Waals surface area contributed by atoms with E-state index in [9.17, 15) is 0 Å². The Hall–Kier alpha value is -0.701. The second-order valence-electron chi connectivity index (χ2n) is 0.423. The van der Waals surface area contributed by atoms with Crippen LogP contribution in [0.5, 0.6) is 0 Å². The normalized spacial score (nSPS) is 8.00. The van der Waals surface area contributed by atoms with E-state index in [4.69, 9.17) is 14.9 Å². The Morgan fingerprint density at radius 3 is 1.67 bits per heavy atom. The molecule has 0 amide bonds. The van der Waals surface area contributed by atoms with Gasteiger partial charge in [-0.3, -0.25) is 0 Å². The van der Waals surface area contributed by atoms with Gasteiger partial charge < -0.3 is 0 Å². The predicted octanol–water partition coefficient (Wildman–Crippen LogP) is 0.329. The molecule has 0 aliphatic carbocycles. The van der Waals surface area contributed by atoms with Gasteiger partial charge in [0.1, 0.15) is 0 Å². The Bertz CT molecular complexity index is 120. The fraction of sp³-hybridized carbons (Fsp3) is 0. The van der Waals surface area contributed by atoms with Crippen LogP contribution >= 0.6 is 0 Å². The minimum absolute atomic E-state index is 1.50. The van der Waals surface area contributed by atoms with Gasteiger partial charge in [0, 0.05) is 0 Å². The molecular formula is C2HFeN3. The van der Waals surface area contributed by atoms with Crippen LogP contribution in [0.4, 0.5) is 0 Å². The van der Waals surface area contributed by atoms with Crippen molar-refractivity contribution >= 4 is 0 Å². The molecule has 0 unspecified atom stereocenters. The van der Waals surface area contributed by atoms with Gasteiger partial charge in [-0.05, 0) is 0 Å². The monoisotopic (exact) mass is 123 g/mol. The van der Waals surface area contributed by atoms with Crippen molar-refractivity contribution in [1.82, 2.24) is 0 Å². The molecule has 0 fully saturated rings. The number of rotatable bonds is 0. The zero-order valence-corrected chi connectivity index (χ0v) is 3.85. The van der Waals surface area contributed by atoms with Crippen LogP contribution in [0.25, 0.3) is 0 Å². The van der Waals surface area contributed by atoms with Gasteiger partial charge in [0.25, 0.3) is 0 Å². The first-order valence-corrected chi connectivity index (χ1v) is 2.63. The van der Waals surface area contributed by atoms with Crippen LogP contribution in [0.1, 0.15) is 0 Å². The van der Waals surface area contributed by atoms with Gasteiger partial charge in [-0.25, -0.2) is 0 Å². The van der Waals surface area contributed by atoms with Crippen LogP contribution in [-0.4, -0.2) is 0 Å². The zero-order valence-electron chi connectivity index (χ0n) is 2.75. The second-order valence-corrected chi connectivity index (χ2v) is 1.75. The summed E-state index contributed by atoms with van der Waals surface area (Å²) >= 11 is -1.86. The summed E-state index contributed by atoms with van der Waals surface area (Å²) in [6.45, 7) is 0. The van der Waals surface area contributed by atoms with E-state index in [1.54, 1.807) is 0 Å². The molecule has 0 saturated carbocycles. The zero-order chi connectivity index (χ0) is 4.99. The van der Waals surface area contributed by atoms with Gasteiger partial charge >= 0.3 is 38.5 Å². The first-order valence-electron chi connectivity index (χ1n) is 0.978. The Morgan fingerprint density at radius 1 is 1.33 bits per heavy atom. The summed E-state index contributed by atoms with van der Waals surface area (Å²) in [5.41, 5.74) is 0. The number of hydrogen-bond donors (Lipinski definition) is 1. The van der Waals surface area contributed by atoms with Gasteiger partial charge in [0.15, 0.2) is 0 Å². The second kappa shape index (κ2) is 2.53.